The number of hydrogen-bond donors (Lipinski definition) is 0. The molecule has 0 N–H and O–H groups in total. The molecule has 2 unspecified atom stereocenters. The number of halogens is 2. The van der Waals surface area contributed by atoms with Crippen LogP contribution in [0.1, 0.15) is 75.1 Å². The minimum atomic E-state index is -2.66. The van der Waals surface area contributed by atoms with Crippen LogP contribution in [-0.2, 0) is 8.99 Å². The number of alkyl halides is 2. The molecule has 0 amide bonds. The summed E-state index contributed by atoms with van der Waals surface area (Å²) in [7, 11) is -4.14. The molecule has 2 aliphatic rings. The second kappa shape index (κ2) is 11.2. The lowest BCUT2D eigenvalue weighted by molar-refractivity contribution is 0.357. The molecular weight excluding hydrogens is 571 g/mol. The molecule has 3 aromatic carbocycles. The van der Waals surface area contributed by atoms with E-state index in [9.17, 15) is 0 Å². The van der Waals surface area contributed by atoms with Crippen LogP contribution in [0, 0.1) is 5.41 Å². The van der Waals surface area contributed by atoms with Crippen LogP contribution in [0.5, 0.6) is 0 Å². The van der Waals surface area contributed by atoms with E-state index < -0.39 is 25.1 Å². The summed E-state index contributed by atoms with van der Waals surface area (Å²) in [6.07, 6.45) is 8.68. The zero-order valence-electron chi connectivity index (χ0n) is 26.2. The monoisotopic (exact) mass is 618 g/mol. The molecule has 3 aromatic rings. The standard InChI is InChI=1S/C37H48Cl2Si2/c1-35(2,3)24-16-8-9-17-25-41(7,36(38)29(27-40(4,5)6)26-28-18-10-13-21-32(28)36)37(39)33-22-14-11-19-30(33)31-20-12-15-23-34(31)37/h10-15,18-23,26H,8-9,16-17,24-25,27H2,1-7H3. The van der Waals surface area contributed by atoms with Gasteiger partial charge in [0.25, 0.3) is 0 Å². The SMILES string of the molecule is CC(C)(C)CCCCCC[Si](C)(C1(Cl)C(C[Si](C)(C)C)=Cc2ccccc21)C1(Cl)c2ccccc2-c2ccccc21. The Kier molecular flexibility index (Phi) is 8.40. The average Bonchev–Trinajstić information content (AvgIpc) is 3.35. The topological polar surface area (TPSA) is 0 Å². The quantitative estimate of drug-likeness (QED) is 0.120. The second-order valence-electron chi connectivity index (χ2n) is 15.2. The average molecular weight is 620 g/mol. The molecule has 2 aliphatic carbocycles. The molecule has 218 valence electrons. The predicted molar refractivity (Wildman–Crippen MR) is 188 cm³/mol. The smallest absolute Gasteiger partial charge is 0.113 e. The van der Waals surface area contributed by atoms with E-state index in [0.717, 1.165) is 12.1 Å². The summed E-state index contributed by atoms with van der Waals surface area (Å²) in [6.45, 7) is 17.0. The highest BCUT2D eigenvalue weighted by molar-refractivity contribution is 6.96. The lowest BCUT2D eigenvalue weighted by Crippen LogP contribution is -2.63. The van der Waals surface area contributed by atoms with Crippen LogP contribution in [0.3, 0.4) is 0 Å². The Morgan fingerprint density at radius 1 is 0.634 bits per heavy atom. The lowest BCUT2D eigenvalue weighted by Gasteiger charge is -2.52. The Hall–Kier alpha value is -1.59. The minimum absolute atomic E-state index is 0.394. The van der Waals surface area contributed by atoms with Crippen molar-refractivity contribution in [3.63, 3.8) is 0 Å². The summed E-state index contributed by atoms with van der Waals surface area (Å²) < 4.78 is -1.19. The molecule has 0 aliphatic heterocycles. The number of fused-ring (bicyclic) bond motifs is 4. The Balaban J connectivity index is 1.66. The summed E-state index contributed by atoms with van der Waals surface area (Å²) >= 11 is 16.8. The van der Waals surface area contributed by atoms with Gasteiger partial charge in [-0.2, -0.15) is 0 Å². The third-order valence-corrected chi connectivity index (χ3v) is 19.9. The molecule has 0 saturated carbocycles. The van der Waals surface area contributed by atoms with Gasteiger partial charge >= 0.3 is 0 Å². The van der Waals surface area contributed by atoms with E-state index in [-0.39, 0.29) is 0 Å². The fourth-order valence-corrected chi connectivity index (χ4v) is 17.1. The van der Waals surface area contributed by atoms with Crippen LogP contribution in [0.15, 0.2) is 78.4 Å². The molecular formula is C37H48Cl2Si2. The van der Waals surface area contributed by atoms with E-state index in [1.807, 2.05) is 0 Å². The molecule has 5 rings (SSSR count). The third kappa shape index (κ3) is 5.37. The molecule has 0 fully saturated rings. The molecule has 0 nitrogen and oxygen atoms in total. The van der Waals surface area contributed by atoms with E-state index in [4.69, 9.17) is 23.2 Å². The molecule has 0 saturated heterocycles. The van der Waals surface area contributed by atoms with Gasteiger partial charge in [0, 0.05) is 8.07 Å². The number of rotatable bonds is 10. The highest BCUT2D eigenvalue weighted by atomic mass is 35.5. The summed E-state index contributed by atoms with van der Waals surface area (Å²) in [5.74, 6) is 0. The van der Waals surface area contributed by atoms with Crippen molar-refractivity contribution in [3.8, 4) is 11.1 Å². The van der Waals surface area contributed by atoms with Gasteiger partial charge in [-0.1, -0.05) is 163 Å². The highest BCUT2D eigenvalue weighted by Gasteiger charge is 2.67. The predicted octanol–water partition coefficient (Wildman–Crippen LogP) is 12.2. The number of hydrogen-bond acceptors (Lipinski definition) is 0. The van der Waals surface area contributed by atoms with Gasteiger partial charge in [-0.05, 0) is 51.3 Å². The van der Waals surface area contributed by atoms with Crippen molar-refractivity contribution in [2.75, 3.05) is 0 Å². The molecule has 2 atom stereocenters. The van der Waals surface area contributed by atoms with Gasteiger partial charge in [0.05, 0.1) is 8.99 Å². The van der Waals surface area contributed by atoms with Gasteiger partial charge in [0.15, 0.2) is 0 Å². The van der Waals surface area contributed by atoms with Crippen LogP contribution in [0.2, 0.25) is 38.3 Å². The lowest BCUT2D eigenvalue weighted by atomic mass is 9.89. The van der Waals surface area contributed by atoms with Gasteiger partial charge in [-0.15, -0.1) is 23.2 Å². The van der Waals surface area contributed by atoms with Crippen LogP contribution in [-0.4, -0.2) is 16.1 Å². The zero-order valence-corrected chi connectivity index (χ0v) is 29.7. The molecule has 0 radical (unpaired) electrons. The maximum absolute atomic E-state index is 8.41. The Bertz CT molecular complexity index is 1400. The first-order valence-corrected chi connectivity index (χ1v) is 22.8. The van der Waals surface area contributed by atoms with Crippen LogP contribution in [0.25, 0.3) is 17.2 Å². The molecule has 4 heteroatoms. The largest absolute Gasteiger partial charge is 0.120 e. The summed E-state index contributed by atoms with van der Waals surface area (Å²) in [5.41, 5.74) is 9.49. The highest BCUT2D eigenvalue weighted by Crippen LogP contribution is 2.66. The van der Waals surface area contributed by atoms with Crippen molar-refractivity contribution in [3.05, 3.63) is 101 Å². The van der Waals surface area contributed by atoms with E-state index in [1.54, 1.807) is 0 Å². The van der Waals surface area contributed by atoms with Gasteiger partial charge in [-0.3, -0.25) is 0 Å². The van der Waals surface area contributed by atoms with Gasteiger partial charge in [-0.25, -0.2) is 0 Å². The second-order valence-corrected chi connectivity index (χ2v) is 27.1. The first-order valence-electron chi connectivity index (χ1n) is 15.6. The van der Waals surface area contributed by atoms with Crippen molar-refractivity contribution in [1.29, 1.82) is 0 Å². The summed E-state index contributed by atoms with van der Waals surface area (Å²) in [4.78, 5) is 0. The third-order valence-electron chi connectivity index (χ3n) is 9.59. The van der Waals surface area contributed by atoms with Crippen LogP contribution >= 0.6 is 23.2 Å². The number of benzene rings is 3. The fraction of sp³-hybridized carbons (Fsp3) is 0.459. The Morgan fingerprint density at radius 3 is 1.71 bits per heavy atom. The fourth-order valence-electron chi connectivity index (χ4n) is 7.64. The van der Waals surface area contributed by atoms with Crippen LogP contribution < -0.4 is 0 Å². The Labute approximate surface area is 261 Å². The molecule has 0 heterocycles. The van der Waals surface area contributed by atoms with Crippen LogP contribution in [0.4, 0.5) is 0 Å². The maximum Gasteiger partial charge on any atom is 0.120 e. The van der Waals surface area contributed by atoms with Crippen molar-refractivity contribution >= 4 is 45.4 Å². The first kappa shape index (κ1) is 30.9. The van der Waals surface area contributed by atoms with Crippen molar-refractivity contribution in [1.82, 2.24) is 0 Å². The van der Waals surface area contributed by atoms with Gasteiger partial charge in [0.1, 0.15) is 8.07 Å². The summed E-state index contributed by atoms with van der Waals surface area (Å²) in [6, 6.07) is 28.9. The van der Waals surface area contributed by atoms with E-state index in [1.165, 1.54) is 71.1 Å². The molecule has 0 spiro atoms. The zero-order chi connectivity index (χ0) is 29.7. The molecule has 41 heavy (non-hydrogen) atoms. The van der Waals surface area contributed by atoms with Crippen molar-refractivity contribution in [2.24, 2.45) is 5.41 Å². The van der Waals surface area contributed by atoms with E-state index >= 15 is 0 Å². The minimum Gasteiger partial charge on any atom is -0.113 e. The first-order chi connectivity index (χ1) is 19.2. The Morgan fingerprint density at radius 2 is 1.15 bits per heavy atom. The maximum atomic E-state index is 8.41. The van der Waals surface area contributed by atoms with Crippen molar-refractivity contribution in [2.45, 2.75) is 100 Å². The van der Waals surface area contributed by atoms with E-state index in [0.29, 0.717) is 5.41 Å². The van der Waals surface area contributed by atoms with Gasteiger partial charge in [0.2, 0.25) is 0 Å². The van der Waals surface area contributed by atoms with E-state index in [2.05, 4.69) is 126 Å². The normalized spacial score (nSPS) is 20.7. The molecule has 0 bridgehead atoms. The van der Waals surface area contributed by atoms with Gasteiger partial charge < -0.3 is 0 Å². The number of unbranched alkanes of at least 4 members (excludes halogenated alkanes) is 3. The van der Waals surface area contributed by atoms with Crippen molar-refractivity contribution < 1.29 is 0 Å². The summed E-state index contributed by atoms with van der Waals surface area (Å²) in [5, 5.41) is 0. The molecule has 0 aromatic heterocycles. The number of allylic oxidation sites excluding steroid dienone is 1.